The number of amides is 1. The maximum Gasteiger partial charge on any atom is 0.411 e. The highest BCUT2D eigenvalue weighted by atomic mass is 35.5. The van der Waals surface area contributed by atoms with Gasteiger partial charge in [-0.1, -0.05) is 11.6 Å². The van der Waals surface area contributed by atoms with Crippen molar-refractivity contribution in [3.63, 3.8) is 0 Å². The standard InChI is InChI=1S/C18H21ClN2O6/c1-18(2,3)26-17(23)21-9-11(8-13(21)16(22)24-4)25-15-12-6-5-10(19)7-14(12)27-20-15/h5-7,11,13H,8-9H2,1-4H3/t11-,13+/m1/s1. The van der Waals surface area contributed by atoms with Crippen molar-refractivity contribution in [1.29, 1.82) is 0 Å². The Morgan fingerprint density at radius 1 is 1.33 bits per heavy atom. The van der Waals surface area contributed by atoms with Crippen LogP contribution in [-0.2, 0) is 14.3 Å². The van der Waals surface area contributed by atoms with Crippen LogP contribution in [-0.4, -0.2) is 53.5 Å². The van der Waals surface area contributed by atoms with E-state index < -0.39 is 29.8 Å². The highest BCUT2D eigenvalue weighted by Crippen LogP contribution is 2.31. The molecule has 1 fully saturated rings. The molecule has 146 valence electrons. The molecule has 3 rings (SSSR count). The number of rotatable bonds is 3. The summed E-state index contributed by atoms with van der Waals surface area (Å²) in [5, 5.41) is 5.09. The summed E-state index contributed by atoms with van der Waals surface area (Å²) in [6, 6.07) is 4.28. The Morgan fingerprint density at radius 3 is 2.74 bits per heavy atom. The van der Waals surface area contributed by atoms with Crippen molar-refractivity contribution in [3.8, 4) is 5.88 Å². The van der Waals surface area contributed by atoms with Gasteiger partial charge in [0.2, 0.25) is 0 Å². The first-order chi connectivity index (χ1) is 12.7. The van der Waals surface area contributed by atoms with Gasteiger partial charge in [-0.25, -0.2) is 9.59 Å². The summed E-state index contributed by atoms with van der Waals surface area (Å²) in [5.41, 5.74) is -0.192. The molecular formula is C18H21ClN2O6. The zero-order valence-electron chi connectivity index (χ0n) is 15.5. The van der Waals surface area contributed by atoms with E-state index in [1.165, 1.54) is 12.0 Å². The van der Waals surface area contributed by atoms with Crippen molar-refractivity contribution in [2.75, 3.05) is 13.7 Å². The maximum atomic E-state index is 12.5. The number of fused-ring (bicyclic) bond motifs is 1. The van der Waals surface area contributed by atoms with Crippen LogP contribution >= 0.6 is 11.6 Å². The third kappa shape index (κ3) is 4.27. The molecule has 0 N–H and O–H groups in total. The van der Waals surface area contributed by atoms with E-state index in [1.807, 2.05) is 0 Å². The van der Waals surface area contributed by atoms with Crippen molar-refractivity contribution in [2.24, 2.45) is 0 Å². The van der Waals surface area contributed by atoms with Gasteiger partial charge in [-0.15, -0.1) is 0 Å². The van der Waals surface area contributed by atoms with Crippen molar-refractivity contribution in [3.05, 3.63) is 23.2 Å². The quantitative estimate of drug-likeness (QED) is 0.734. The Morgan fingerprint density at radius 2 is 2.07 bits per heavy atom. The van der Waals surface area contributed by atoms with Crippen molar-refractivity contribution in [2.45, 2.75) is 44.9 Å². The molecule has 9 heteroatoms. The van der Waals surface area contributed by atoms with Gasteiger partial charge in [0.15, 0.2) is 5.58 Å². The minimum Gasteiger partial charge on any atom is -0.470 e. The van der Waals surface area contributed by atoms with Crippen molar-refractivity contribution in [1.82, 2.24) is 10.1 Å². The number of likely N-dealkylation sites (tertiary alicyclic amines) is 1. The summed E-state index contributed by atoms with van der Waals surface area (Å²) < 4.78 is 21.3. The lowest BCUT2D eigenvalue weighted by molar-refractivity contribution is -0.145. The molecule has 0 radical (unpaired) electrons. The number of hydrogen-bond donors (Lipinski definition) is 0. The Kier molecular flexibility index (Phi) is 5.19. The van der Waals surface area contributed by atoms with Crippen LogP contribution in [0.25, 0.3) is 11.0 Å². The molecule has 2 heterocycles. The summed E-state index contributed by atoms with van der Waals surface area (Å²) in [6.45, 7) is 5.44. The maximum absolute atomic E-state index is 12.5. The summed E-state index contributed by atoms with van der Waals surface area (Å²) in [7, 11) is 1.28. The number of carbonyl (C=O) groups is 2. The molecule has 0 spiro atoms. The van der Waals surface area contributed by atoms with Gasteiger partial charge in [0.05, 0.1) is 19.0 Å². The Labute approximate surface area is 161 Å². The number of esters is 1. The third-order valence-corrected chi connectivity index (χ3v) is 4.28. The Balaban J connectivity index is 1.78. The molecule has 0 bridgehead atoms. The highest BCUT2D eigenvalue weighted by Gasteiger charge is 2.43. The molecule has 0 aliphatic carbocycles. The summed E-state index contributed by atoms with van der Waals surface area (Å²) in [5.74, 6) is -0.245. The van der Waals surface area contributed by atoms with Gasteiger partial charge in [0.1, 0.15) is 17.7 Å². The Bertz CT molecular complexity index is 859. The second-order valence-electron chi connectivity index (χ2n) is 7.28. The first-order valence-electron chi connectivity index (χ1n) is 8.47. The zero-order valence-corrected chi connectivity index (χ0v) is 16.3. The van der Waals surface area contributed by atoms with Gasteiger partial charge < -0.3 is 18.7 Å². The zero-order chi connectivity index (χ0) is 19.8. The lowest BCUT2D eigenvalue weighted by Gasteiger charge is -2.27. The van der Waals surface area contributed by atoms with Crippen LogP contribution < -0.4 is 4.74 Å². The van der Waals surface area contributed by atoms with E-state index in [2.05, 4.69) is 5.16 Å². The topological polar surface area (TPSA) is 91.1 Å². The predicted molar refractivity (Wildman–Crippen MR) is 96.8 cm³/mol. The molecule has 1 aliphatic rings. The molecule has 0 unspecified atom stereocenters. The van der Waals surface area contributed by atoms with E-state index in [-0.39, 0.29) is 18.8 Å². The number of halogens is 1. The lowest BCUT2D eigenvalue weighted by atomic mass is 10.2. The fourth-order valence-electron chi connectivity index (χ4n) is 2.90. The van der Waals surface area contributed by atoms with Gasteiger partial charge in [-0.2, -0.15) is 0 Å². The monoisotopic (exact) mass is 396 g/mol. The number of aromatic nitrogens is 1. The largest absolute Gasteiger partial charge is 0.470 e. The molecule has 8 nitrogen and oxygen atoms in total. The summed E-state index contributed by atoms with van der Waals surface area (Å²) >= 11 is 5.94. The van der Waals surface area contributed by atoms with E-state index in [9.17, 15) is 9.59 Å². The van der Waals surface area contributed by atoms with E-state index in [1.54, 1.807) is 39.0 Å². The molecule has 1 amide bonds. The number of hydrogen-bond acceptors (Lipinski definition) is 7. The molecule has 2 aromatic rings. The van der Waals surface area contributed by atoms with Gasteiger partial charge in [0, 0.05) is 17.5 Å². The minimum atomic E-state index is -0.789. The van der Waals surface area contributed by atoms with Crippen LogP contribution in [0.1, 0.15) is 27.2 Å². The molecule has 0 saturated carbocycles. The van der Waals surface area contributed by atoms with Gasteiger partial charge in [-0.05, 0) is 38.1 Å². The second kappa shape index (κ2) is 7.26. The molecule has 2 atom stereocenters. The number of methoxy groups -OCH3 is 1. The van der Waals surface area contributed by atoms with Crippen LogP contribution in [0.4, 0.5) is 4.79 Å². The van der Waals surface area contributed by atoms with E-state index >= 15 is 0 Å². The lowest BCUT2D eigenvalue weighted by Crippen LogP contribution is -2.44. The number of carbonyl (C=O) groups excluding carboxylic acids is 2. The first-order valence-corrected chi connectivity index (χ1v) is 8.85. The number of ether oxygens (including phenoxy) is 3. The SMILES string of the molecule is COC(=O)[C@@H]1C[C@@H](Oc2noc3cc(Cl)ccc23)CN1C(=O)OC(C)(C)C. The van der Waals surface area contributed by atoms with E-state index in [0.717, 1.165) is 0 Å². The van der Waals surface area contributed by atoms with E-state index in [0.29, 0.717) is 16.0 Å². The molecular weight excluding hydrogens is 376 g/mol. The average Bonchev–Trinajstić information content (AvgIpc) is 3.17. The van der Waals surface area contributed by atoms with Gasteiger partial charge in [-0.3, -0.25) is 4.90 Å². The van der Waals surface area contributed by atoms with Crippen LogP contribution in [0, 0.1) is 0 Å². The smallest absolute Gasteiger partial charge is 0.411 e. The van der Waals surface area contributed by atoms with Crippen LogP contribution in [0.15, 0.2) is 22.7 Å². The minimum absolute atomic E-state index is 0.163. The predicted octanol–water partition coefficient (Wildman–Crippen LogP) is 3.41. The fraction of sp³-hybridized carbons (Fsp3) is 0.500. The number of nitrogens with zero attached hydrogens (tertiary/aromatic N) is 2. The normalized spacial score (nSPS) is 20.0. The number of benzene rings is 1. The molecule has 1 aliphatic heterocycles. The molecule has 1 saturated heterocycles. The fourth-order valence-corrected chi connectivity index (χ4v) is 3.06. The first kappa shape index (κ1) is 19.3. The summed E-state index contributed by atoms with van der Waals surface area (Å²) in [4.78, 5) is 25.9. The Hall–Kier alpha value is -2.48. The van der Waals surface area contributed by atoms with Gasteiger partial charge >= 0.3 is 12.1 Å². The van der Waals surface area contributed by atoms with E-state index in [4.69, 9.17) is 30.3 Å². The van der Waals surface area contributed by atoms with Crippen LogP contribution in [0.3, 0.4) is 0 Å². The molecule has 1 aromatic heterocycles. The van der Waals surface area contributed by atoms with Gasteiger partial charge in [0.25, 0.3) is 5.88 Å². The van der Waals surface area contributed by atoms with Crippen molar-refractivity contribution >= 4 is 34.6 Å². The van der Waals surface area contributed by atoms with Crippen LogP contribution in [0.5, 0.6) is 5.88 Å². The third-order valence-electron chi connectivity index (χ3n) is 4.04. The summed E-state index contributed by atoms with van der Waals surface area (Å²) in [6.07, 6.45) is -0.806. The highest BCUT2D eigenvalue weighted by molar-refractivity contribution is 6.31. The molecule has 27 heavy (non-hydrogen) atoms. The molecule has 1 aromatic carbocycles. The van der Waals surface area contributed by atoms with Crippen molar-refractivity contribution < 1.29 is 28.3 Å². The van der Waals surface area contributed by atoms with Crippen LogP contribution in [0.2, 0.25) is 5.02 Å². The second-order valence-corrected chi connectivity index (χ2v) is 7.71. The average molecular weight is 397 g/mol.